The van der Waals surface area contributed by atoms with Crippen molar-refractivity contribution in [2.24, 2.45) is 0 Å². The lowest BCUT2D eigenvalue weighted by molar-refractivity contribution is 0.572. The third-order valence-corrected chi connectivity index (χ3v) is 5.51. The molecule has 0 unspecified atom stereocenters. The molecule has 0 radical (unpaired) electrons. The van der Waals surface area contributed by atoms with Gasteiger partial charge in [0.15, 0.2) is 0 Å². The van der Waals surface area contributed by atoms with Crippen LogP contribution in [0.25, 0.3) is 34.3 Å². The molecule has 3 heterocycles. The molecule has 0 atom stereocenters. The summed E-state index contributed by atoms with van der Waals surface area (Å²) in [6.07, 6.45) is 1.58. The first-order valence-corrected chi connectivity index (χ1v) is 10.9. The first-order valence-electron chi connectivity index (χ1n) is 10.9. The van der Waals surface area contributed by atoms with Crippen molar-refractivity contribution in [1.29, 1.82) is 5.26 Å². The maximum absolute atomic E-state index is 12.3. The van der Waals surface area contributed by atoms with Gasteiger partial charge in [-0.25, -0.2) is 4.98 Å². The summed E-state index contributed by atoms with van der Waals surface area (Å²) in [6.45, 7) is 8.27. The van der Waals surface area contributed by atoms with E-state index in [1.54, 1.807) is 19.2 Å². The lowest BCUT2D eigenvalue weighted by Gasteiger charge is -2.15. The topological polar surface area (TPSA) is 123 Å². The minimum Gasteiger partial charge on any atom is -0.415 e. The number of hydrogen-bond acceptors (Lipinski definition) is 8. The second-order valence-corrected chi connectivity index (χ2v) is 8.29. The molecule has 1 N–H and O–H groups in total. The Morgan fingerprint density at radius 2 is 1.88 bits per heavy atom. The third kappa shape index (κ3) is 4.23. The molecule has 4 aromatic rings. The zero-order chi connectivity index (χ0) is 24.4. The van der Waals surface area contributed by atoms with E-state index < -0.39 is 0 Å². The number of aromatic nitrogens is 5. The standard InChI is InChI=1S/C25H25N7O2.H2/c1-14(2)32-21(11-26)19(8-9-22(32)33)20-13-28-16(4)23(29-20)25-31-30-24(34-25)18-7-6-17(12-27-5)10-15(18)3;/h6-10,13-14,27H,12H2,1-5H3;1H. The van der Waals surface area contributed by atoms with Crippen LogP contribution in [-0.2, 0) is 6.54 Å². The summed E-state index contributed by atoms with van der Waals surface area (Å²) in [7, 11) is 1.90. The second-order valence-electron chi connectivity index (χ2n) is 8.29. The van der Waals surface area contributed by atoms with Gasteiger partial charge < -0.3 is 9.73 Å². The molecule has 9 heteroatoms. The van der Waals surface area contributed by atoms with Crippen LogP contribution in [0.3, 0.4) is 0 Å². The van der Waals surface area contributed by atoms with E-state index in [9.17, 15) is 10.1 Å². The van der Waals surface area contributed by atoms with Crippen LogP contribution >= 0.6 is 0 Å². The average molecular weight is 458 g/mol. The van der Waals surface area contributed by atoms with Gasteiger partial charge in [0.25, 0.3) is 11.4 Å². The molecule has 3 aromatic heterocycles. The molecule has 0 spiro atoms. The minimum absolute atomic E-state index is 0. The Bertz CT molecular complexity index is 1470. The number of pyridine rings is 1. The monoisotopic (exact) mass is 457 g/mol. The number of aryl methyl sites for hydroxylation is 2. The number of benzene rings is 1. The fourth-order valence-corrected chi connectivity index (χ4v) is 3.88. The van der Waals surface area contributed by atoms with Crippen LogP contribution in [-0.4, -0.2) is 31.8 Å². The van der Waals surface area contributed by atoms with E-state index in [4.69, 9.17) is 4.42 Å². The number of hydrogen-bond donors (Lipinski definition) is 1. The Kier molecular flexibility index (Phi) is 6.34. The van der Waals surface area contributed by atoms with Crippen molar-refractivity contribution >= 4 is 0 Å². The maximum Gasteiger partial charge on any atom is 0.268 e. The molecule has 0 fully saturated rings. The Morgan fingerprint density at radius 1 is 1.15 bits per heavy atom. The van der Waals surface area contributed by atoms with Crippen LogP contribution in [0.15, 0.2) is 45.7 Å². The highest BCUT2D eigenvalue weighted by molar-refractivity contribution is 5.68. The van der Waals surface area contributed by atoms with Crippen molar-refractivity contribution in [1.82, 2.24) is 30.0 Å². The van der Waals surface area contributed by atoms with Crippen LogP contribution in [0.4, 0.5) is 0 Å². The maximum atomic E-state index is 12.3. The molecule has 0 aliphatic carbocycles. The van der Waals surface area contributed by atoms with E-state index in [0.29, 0.717) is 28.5 Å². The lowest BCUT2D eigenvalue weighted by atomic mass is 10.1. The highest BCUT2D eigenvalue weighted by atomic mass is 16.4. The summed E-state index contributed by atoms with van der Waals surface area (Å²) in [6, 6.07) is 11.0. The van der Waals surface area contributed by atoms with Gasteiger partial charge >= 0.3 is 0 Å². The van der Waals surface area contributed by atoms with Gasteiger partial charge in [-0.3, -0.25) is 14.3 Å². The third-order valence-electron chi connectivity index (χ3n) is 5.51. The Morgan fingerprint density at radius 3 is 2.56 bits per heavy atom. The van der Waals surface area contributed by atoms with Gasteiger partial charge in [-0.15, -0.1) is 10.2 Å². The van der Waals surface area contributed by atoms with Gasteiger partial charge in [-0.2, -0.15) is 5.26 Å². The highest BCUT2D eigenvalue weighted by Crippen LogP contribution is 2.29. The predicted molar refractivity (Wildman–Crippen MR) is 130 cm³/mol. The first-order chi connectivity index (χ1) is 16.3. The van der Waals surface area contributed by atoms with Gasteiger partial charge in [0, 0.05) is 31.2 Å². The van der Waals surface area contributed by atoms with E-state index in [-0.39, 0.29) is 24.6 Å². The number of nitriles is 1. The lowest BCUT2D eigenvalue weighted by Crippen LogP contribution is -2.24. The molecule has 0 aliphatic rings. The Labute approximate surface area is 198 Å². The largest absolute Gasteiger partial charge is 0.415 e. The summed E-state index contributed by atoms with van der Waals surface area (Å²) in [5.41, 5.74) is 5.00. The smallest absolute Gasteiger partial charge is 0.268 e. The van der Waals surface area contributed by atoms with Crippen LogP contribution in [0, 0.1) is 25.2 Å². The molecule has 4 rings (SSSR count). The number of nitrogens with zero attached hydrogens (tertiary/aromatic N) is 6. The fourth-order valence-electron chi connectivity index (χ4n) is 3.88. The molecule has 34 heavy (non-hydrogen) atoms. The molecule has 0 aliphatic heterocycles. The molecule has 0 bridgehead atoms. The van der Waals surface area contributed by atoms with Gasteiger partial charge in [0.2, 0.25) is 5.89 Å². The van der Waals surface area contributed by atoms with Crippen LogP contribution in [0.2, 0.25) is 0 Å². The van der Waals surface area contributed by atoms with Gasteiger partial charge in [0.05, 0.1) is 17.6 Å². The zero-order valence-corrected chi connectivity index (χ0v) is 19.7. The highest BCUT2D eigenvalue weighted by Gasteiger charge is 2.20. The Hall–Kier alpha value is -4.16. The molecule has 0 saturated heterocycles. The first kappa shape index (κ1) is 23.0. The fraction of sp³-hybridized carbons (Fsp3) is 0.280. The second kappa shape index (κ2) is 9.37. The summed E-state index contributed by atoms with van der Waals surface area (Å²) >= 11 is 0. The van der Waals surface area contributed by atoms with Crippen LogP contribution in [0.5, 0.6) is 0 Å². The molecular formula is C25H27N7O2. The van der Waals surface area contributed by atoms with Crippen molar-refractivity contribution in [3.8, 4) is 40.4 Å². The quantitative estimate of drug-likeness (QED) is 0.460. The van der Waals surface area contributed by atoms with Gasteiger partial charge in [-0.05, 0) is 58.0 Å². The molecule has 1 aromatic carbocycles. The predicted octanol–water partition coefficient (Wildman–Crippen LogP) is 4.06. The van der Waals surface area contributed by atoms with Crippen molar-refractivity contribution in [3.05, 3.63) is 69.4 Å². The van der Waals surface area contributed by atoms with Crippen molar-refractivity contribution in [2.45, 2.75) is 40.3 Å². The molecular weight excluding hydrogens is 430 g/mol. The molecule has 9 nitrogen and oxygen atoms in total. The van der Waals surface area contributed by atoms with Crippen LogP contribution in [0.1, 0.15) is 43.8 Å². The normalized spacial score (nSPS) is 11.1. The SMILES string of the molecule is CNCc1ccc(-c2nnc(-c3nc(-c4ccc(=O)n(C(C)C)c4C#N)cnc3C)o2)c(C)c1.[HH]. The van der Waals surface area contributed by atoms with E-state index in [1.165, 1.54) is 10.6 Å². The van der Waals surface area contributed by atoms with E-state index in [0.717, 1.165) is 23.2 Å². The van der Waals surface area contributed by atoms with E-state index >= 15 is 0 Å². The number of rotatable bonds is 6. The van der Waals surface area contributed by atoms with Crippen molar-refractivity contribution in [2.75, 3.05) is 7.05 Å². The van der Waals surface area contributed by atoms with Crippen molar-refractivity contribution in [3.63, 3.8) is 0 Å². The molecule has 0 amide bonds. The zero-order valence-electron chi connectivity index (χ0n) is 19.7. The average Bonchev–Trinajstić information content (AvgIpc) is 3.29. The van der Waals surface area contributed by atoms with E-state index in [2.05, 4.69) is 37.6 Å². The summed E-state index contributed by atoms with van der Waals surface area (Å²) in [5, 5.41) is 21.4. The summed E-state index contributed by atoms with van der Waals surface area (Å²) in [4.78, 5) is 21.5. The van der Waals surface area contributed by atoms with Crippen LogP contribution < -0.4 is 10.9 Å². The summed E-state index contributed by atoms with van der Waals surface area (Å²) < 4.78 is 7.43. The minimum atomic E-state index is -0.242. The van der Waals surface area contributed by atoms with Gasteiger partial charge in [-0.1, -0.05) is 12.1 Å². The van der Waals surface area contributed by atoms with E-state index in [1.807, 2.05) is 40.0 Å². The molecule has 0 saturated carbocycles. The van der Waals surface area contributed by atoms with Gasteiger partial charge in [0.1, 0.15) is 17.5 Å². The summed E-state index contributed by atoms with van der Waals surface area (Å²) in [5.74, 6) is 0.623. The Balaban J connectivity index is 0.00000342. The van der Waals surface area contributed by atoms with Crippen molar-refractivity contribution < 1.29 is 5.84 Å². The number of nitrogens with one attached hydrogen (secondary N) is 1. The molecule has 174 valence electrons.